The highest BCUT2D eigenvalue weighted by molar-refractivity contribution is 5.96. The van der Waals surface area contributed by atoms with E-state index < -0.39 is 0 Å². The van der Waals surface area contributed by atoms with E-state index in [0.29, 0.717) is 11.5 Å². The molecule has 1 N–H and O–H groups in total. The summed E-state index contributed by atoms with van der Waals surface area (Å²) in [6.45, 7) is 2.41. The summed E-state index contributed by atoms with van der Waals surface area (Å²) >= 11 is 0. The van der Waals surface area contributed by atoms with E-state index in [-0.39, 0.29) is 12.4 Å². The van der Waals surface area contributed by atoms with Crippen LogP contribution in [-0.4, -0.2) is 5.54 Å². The minimum absolute atomic E-state index is 0. The van der Waals surface area contributed by atoms with E-state index in [9.17, 15) is 0 Å². The molecule has 1 heterocycles. The lowest BCUT2D eigenvalue weighted by Gasteiger charge is -2.45. The Morgan fingerprint density at radius 1 is 1.00 bits per heavy atom. The standard InChI is InChI=1S/C19H23N.ClH/c1-14-13-19(11-5-2-6-12-19)20-18-16(14)10-9-15-7-3-4-8-17(15)18;/h3-4,7-10,14,20H,2,5-6,11-13H2,1H3;1H/p-1. The van der Waals surface area contributed by atoms with Crippen molar-refractivity contribution >= 4 is 16.5 Å². The summed E-state index contributed by atoms with van der Waals surface area (Å²) in [6, 6.07) is 13.4. The first-order chi connectivity index (χ1) is 9.77. The van der Waals surface area contributed by atoms with Crippen molar-refractivity contribution in [2.75, 3.05) is 5.32 Å². The highest BCUT2D eigenvalue weighted by Crippen LogP contribution is 2.47. The van der Waals surface area contributed by atoms with Gasteiger partial charge >= 0.3 is 0 Å². The molecule has 1 nitrogen and oxygen atoms in total. The van der Waals surface area contributed by atoms with Gasteiger partial charge in [0.1, 0.15) is 0 Å². The molecule has 1 unspecified atom stereocenters. The van der Waals surface area contributed by atoms with Crippen molar-refractivity contribution in [1.82, 2.24) is 0 Å². The van der Waals surface area contributed by atoms with Gasteiger partial charge in [0.2, 0.25) is 0 Å². The molecular formula is C19H23ClN-. The number of hydrogen-bond acceptors (Lipinski definition) is 1. The Morgan fingerprint density at radius 3 is 2.57 bits per heavy atom. The van der Waals surface area contributed by atoms with Gasteiger partial charge in [-0.15, -0.1) is 0 Å². The van der Waals surface area contributed by atoms with E-state index in [0.717, 1.165) is 0 Å². The summed E-state index contributed by atoms with van der Waals surface area (Å²) in [7, 11) is 0. The topological polar surface area (TPSA) is 12.0 Å². The Hall–Kier alpha value is -1.21. The third-order valence-corrected chi connectivity index (χ3v) is 5.39. The van der Waals surface area contributed by atoms with Crippen molar-refractivity contribution in [2.45, 2.75) is 56.9 Å². The van der Waals surface area contributed by atoms with Gasteiger partial charge in [0.25, 0.3) is 0 Å². The Kier molecular flexibility index (Phi) is 3.88. The third kappa shape index (κ3) is 2.42. The third-order valence-electron chi connectivity index (χ3n) is 5.39. The van der Waals surface area contributed by atoms with Crippen LogP contribution in [0.5, 0.6) is 0 Å². The zero-order valence-corrected chi connectivity index (χ0v) is 13.4. The molecule has 2 aromatic rings. The molecule has 1 aliphatic carbocycles. The predicted octanol–water partition coefficient (Wildman–Crippen LogP) is 2.47. The van der Waals surface area contributed by atoms with E-state index in [2.05, 4.69) is 48.6 Å². The maximum atomic E-state index is 3.99. The molecule has 0 radical (unpaired) electrons. The molecule has 1 saturated carbocycles. The molecule has 0 aromatic heterocycles. The molecule has 21 heavy (non-hydrogen) atoms. The lowest BCUT2D eigenvalue weighted by atomic mass is 9.71. The average Bonchev–Trinajstić information content (AvgIpc) is 2.48. The second-order valence-electron chi connectivity index (χ2n) is 6.82. The number of hydrogen-bond donors (Lipinski definition) is 1. The number of nitrogens with one attached hydrogen (secondary N) is 1. The van der Waals surface area contributed by atoms with Gasteiger partial charge in [0, 0.05) is 16.6 Å². The molecule has 0 amide bonds. The largest absolute Gasteiger partial charge is 1.00 e. The minimum Gasteiger partial charge on any atom is -1.00 e. The van der Waals surface area contributed by atoms with Crippen LogP contribution in [0.3, 0.4) is 0 Å². The molecule has 2 heteroatoms. The molecule has 2 aromatic carbocycles. The lowest BCUT2D eigenvalue weighted by Crippen LogP contribution is -3.00. The number of benzene rings is 2. The molecule has 0 saturated heterocycles. The molecular weight excluding hydrogens is 278 g/mol. The highest BCUT2D eigenvalue weighted by atomic mass is 35.5. The van der Waals surface area contributed by atoms with E-state index in [4.69, 9.17) is 0 Å². The van der Waals surface area contributed by atoms with Gasteiger partial charge in [-0.1, -0.05) is 62.6 Å². The minimum atomic E-state index is 0. The fourth-order valence-electron chi connectivity index (χ4n) is 4.41. The van der Waals surface area contributed by atoms with Crippen LogP contribution in [0, 0.1) is 0 Å². The zero-order valence-electron chi connectivity index (χ0n) is 12.7. The molecule has 1 spiro atoms. The Morgan fingerprint density at radius 2 is 1.76 bits per heavy atom. The van der Waals surface area contributed by atoms with Gasteiger partial charge in [-0.25, -0.2) is 0 Å². The van der Waals surface area contributed by atoms with Crippen LogP contribution in [-0.2, 0) is 0 Å². The van der Waals surface area contributed by atoms with Gasteiger partial charge in [0.15, 0.2) is 0 Å². The quantitative estimate of drug-likeness (QED) is 0.788. The number of rotatable bonds is 0. The summed E-state index contributed by atoms with van der Waals surface area (Å²) in [6.07, 6.45) is 8.19. The molecule has 0 bridgehead atoms. The smallest absolute Gasteiger partial charge is 0.0459 e. The van der Waals surface area contributed by atoms with Gasteiger partial charge in [-0.3, -0.25) is 0 Å². The monoisotopic (exact) mass is 300 g/mol. The first-order valence-electron chi connectivity index (χ1n) is 8.07. The van der Waals surface area contributed by atoms with E-state index >= 15 is 0 Å². The van der Waals surface area contributed by atoms with Crippen molar-refractivity contribution in [3.8, 4) is 0 Å². The van der Waals surface area contributed by atoms with Crippen molar-refractivity contribution in [3.63, 3.8) is 0 Å². The number of anilines is 1. The normalized spacial score (nSPS) is 23.2. The number of halogens is 1. The van der Waals surface area contributed by atoms with Gasteiger partial charge in [-0.2, -0.15) is 0 Å². The van der Waals surface area contributed by atoms with E-state index in [1.807, 2.05) is 0 Å². The second kappa shape index (κ2) is 5.53. The Labute approximate surface area is 133 Å². The van der Waals surface area contributed by atoms with E-state index in [1.54, 1.807) is 0 Å². The summed E-state index contributed by atoms with van der Waals surface area (Å²) in [4.78, 5) is 0. The Bertz CT molecular complexity index is 643. The molecule has 112 valence electrons. The summed E-state index contributed by atoms with van der Waals surface area (Å²) < 4.78 is 0. The molecule has 1 aliphatic heterocycles. The summed E-state index contributed by atoms with van der Waals surface area (Å²) in [5.41, 5.74) is 3.30. The fourth-order valence-corrected chi connectivity index (χ4v) is 4.41. The molecule has 1 fully saturated rings. The van der Waals surface area contributed by atoms with Gasteiger partial charge in [-0.05, 0) is 36.1 Å². The zero-order chi connectivity index (χ0) is 13.6. The maximum Gasteiger partial charge on any atom is 0.0459 e. The first kappa shape index (κ1) is 14.7. The van der Waals surface area contributed by atoms with Crippen LogP contribution in [0.15, 0.2) is 36.4 Å². The van der Waals surface area contributed by atoms with Crippen LogP contribution in [0.4, 0.5) is 5.69 Å². The summed E-state index contributed by atoms with van der Waals surface area (Å²) in [5.74, 6) is 0.675. The van der Waals surface area contributed by atoms with Crippen molar-refractivity contribution in [2.24, 2.45) is 0 Å². The first-order valence-corrected chi connectivity index (χ1v) is 8.07. The predicted molar refractivity (Wildman–Crippen MR) is 86.4 cm³/mol. The van der Waals surface area contributed by atoms with Crippen molar-refractivity contribution in [1.29, 1.82) is 0 Å². The number of fused-ring (bicyclic) bond motifs is 3. The lowest BCUT2D eigenvalue weighted by molar-refractivity contribution is -0.00000435. The van der Waals surface area contributed by atoms with Crippen LogP contribution >= 0.6 is 0 Å². The van der Waals surface area contributed by atoms with Crippen LogP contribution in [0.25, 0.3) is 10.8 Å². The SMILES string of the molecule is CC1CC2(CCCCC2)Nc2c1ccc1ccccc21.[Cl-]. The Balaban J connectivity index is 0.00000132. The average molecular weight is 301 g/mol. The fraction of sp³-hybridized carbons (Fsp3) is 0.474. The molecule has 4 rings (SSSR count). The van der Waals surface area contributed by atoms with Gasteiger partial charge in [0.05, 0.1) is 0 Å². The van der Waals surface area contributed by atoms with Crippen LogP contribution < -0.4 is 17.7 Å². The molecule has 1 atom stereocenters. The van der Waals surface area contributed by atoms with Crippen molar-refractivity contribution in [3.05, 3.63) is 42.0 Å². The van der Waals surface area contributed by atoms with Crippen molar-refractivity contribution < 1.29 is 12.4 Å². The summed E-state index contributed by atoms with van der Waals surface area (Å²) in [5, 5.41) is 6.75. The highest BCUT2D eigenvalue weighted by Gasteiger charge is 2.38. The van der Waals surface area contributed by atoms with Crippen LogP contribution in [0.1, 0.15) is 56.9 Å². The second-order valence-corrected chi connectivity index (χ2v) is 6.82. The van der Waals surface area contributed by atoms with Crippen LogP contribution in [0.2, 0.25) is 0 Å². The van der Waals surface area contributed by atoms with E-state index in [1.165, 1.54) is 60.5 Å². The maximum absolute atomic E-state index is 3.99. The van der Waals surface area contributed by atoms with Gasteiger partial charge < -0.3 is 17.7 Å². The molecule has 2 aliphatic rings.